The first kappa shape index (κ1) is 22.4. The van der Waals surface area contributed by atoms with Gasteiger partial charge in [0.1, 0.15) is 0 Å². The molecule has 1 saturated heterocycles. The molecular weight excluding hydrogens is 438 g/mol. The first-order chi connectivity index (χ1) is 17.0. The van der Waals surface area contributed by atoms with Gasteiger partial charge in [0, 0.05) is 42.7 Å². The number of hydrogen-bond acceptors (Lipinski definition) is 5. The summed E-state index contributed by atoms with van der Waals surface area (Å²) in [6.45, 7) is 3.19. The zero-order chi connectivity index (χ0) is 24.4. The van der Waals surface area contributed by atoms with Crippen molar-refractivity contribution in [1.29, 1.82) is 5.26 Å². The van der Waals surface area contributed by atoms with E-state index in [0.717, 1.165) is 37.1 Å². The van der Waals surface area contributed by atoms with E-state index in [9.17, 15) is 15.2 Å². The van der Waals surface area contributed by atoms with Crippen molar-refractivity contribution in [2.24, 2.45) is 4.99 Å². The van der Waals surface area contributed by atoms with Gasteiger partial charge in [-0.05, 0) is 43.4 Å². The Morgan fingerprint density at radius 2 is 1.69 bits per heavy atom. The van der Waals surface area contributed by atoms with Gasteiger partial charge in [0.25, 0.3) is 5.91 Å². The molecule has 0 bridgehead atoms. The number of aromatic hydroxyl groups is 1. The number of amides is 1. The van der Waals surface area contributed by atoms with E-state index in [4.69, 9.17) is 4.99 Å². The lowest BCUT2D eigenvalue weighted by Gasteiger charge is -2.32. The number of aromatic nitrogens is 1. The van der Waals surface area contributed by atoms with Crippen molar-refractivity contribution in [3.05, 3.63) is 95.1 Å². The van der Waals surface area contributed by atoms with E-state index < -0.39 is 0 Å². The molecule has 2 heterocycles. The van der Waals surface area contributed by atoms with Crippen LogP contribution in [-0.4, -0.2) is 64.7 Å². The molecule has 0 radical (unpaired) electrons. The van der Waals surface area contributed by atoms with Crippen molar-refractivity contribution in [3.8, 4) is 11.9 Å². The fraction of sp³-hybridized carbons (Fsp3) is 0.179. The number of likely N-dealkylation sites (N-methyl/N-ethyl adjacent to an activating group) is 1. The van der Waals surface area contributed by atoms with Gasteiger partial charge in [-0.25, -0.2) is 4.99 Å². The molecule has 0 aliphatic carbocycles. The summed E-state index contributed by atoms with van der Waals surface area (Å²) in [5.74, 6) is 0.0130. The summed E-state index contributed by atoms with van der Waals surface area (Å²) in [6.07, 6.45) is 0. The highest BCUT2D eigenvalue weighted by Gasteiger charge is 2.21. The molecule has 7 nitrogen and oxygen atoms in total. The Labute approximate surface area is 203 Å². The SMILES string of the molecule is CN1CCN(C(=O)c2ccc(N=C(c3ccccc3)c3c(O)[nH]c4cc(C#N)ccc34)cc2)CC1. The first-order valence-corrected chi connectivity index (χ1v) is 11.5. The quantitative estimate of drug-likeness (QED) is 0.441. The zero-order valence-corrected chi connectivity index (χ0v) is 19.4. The average molecular weight is 464 g/mol. The molecule has 0 atom stereocenters. The van der Waals surface area contributed by atoms with Crippen LogP contribution in [-0.2, 0) is 0 Å². The molecule has 174 valence electrons. The minimum Gasteiger partial charge on any atom is -0.494 e. The molecular formula is C28H25N5O2. The molecule has 0 saturated carbocycles. The van der Waals surface area contributed by atoms with Gasteiger partial charge in [0.15, 0.2) is 5.88 Å². The maximum atomic E-state index is 12.9. The molecule has 1 amide bonds. The maximum Gasteiger partial charge on any atom is 0.253 e. The fourth-order valence-corrected chi connectivity index (χ4v) is 4.35. The zero-order valence-electron chi connectivity index (χ0n) is 19.4. The van der Waals surface area contributed by atoms with Crippen LogP contribution in [0.1, 0.15) is 27.0 Å². The molecule has 4 aromatic rings. The summed E-state index contributed by atoms with van der Waals surface area (Å²) in [5, 5.41) is 20.8. The van der Waals surface area contributed by atoms with Crippen molar-refractivity contribution in [2.45, 2.75) is 0 Å². The van der Waals surface area contributed by atoms with E-state index in [1.807, 2.05) is 53.4 Å². The van der Waals surface area contributed by atoms with Gasteiger partial charge >= 0.3 is 0 Å². The van der Waals surface area contributed by atoms with Crippen molar-refractivity contribution >= 4 is 28.2 Å². The van der Waals surface area contributed by atoms with Crippen LogP contribution < -0.4 is 0 Å². The fourth-order valence-electron chi connectivity index (χ4n) is 4.35. The Morgan fingerprint density at radius 3 is 2.37 bits per heavy atom. The van der Waals surface area contributed by atoms with Crippen molar-refractivity contribution in [2.75, 3.05) is 33.2 Å². The van der Waals surface area contributed by atoms with Crippen molar-refractivity contribution in [1.82, 2.24) is 14.8 Å². The maximum absolute atomic E-state index is 12.9. The molecule has 7 heteroatoms. The predicted molar refractivity (Wildman–Crippen MR) is 136 cm³/mol. The second-order valence-corrected chi connectivity index (χ2v) is 8.69. The lowest BCUT2D eigenvalue weighted by Crippen LogP contribution is -2.47. The van der Waals surface area contributed by atoms with E-state index in [1.165, 1.54) is 0 Å². The molecule has 0 unspecified atom stereocenters. The Bertz CT molecular complexity index is 1440. The number of aromatic amines is 1. The molecule has 0 spiro atoms. The van der Waals surface area contributed by atoms with Gasteiger partial charge in [-0.15, -0.1) is 0 Å². The van der Waals surface area contributed by atoms with Crippen LogP contribution in [0.25, 0.3) is 10.9 Å². The molecule has 1 aromatic heterocycles. The number of aliphatic imine (C=N–C) groups is 1. The van der Waals surface area contributed by atoms with E-state index in [-0.39, 0.29) is 11.8 Å². The number of nitriles is 1. The smallest absolute Gasteiger partial charge is 0.253 e. The third-order valence-electron chi connectivity index (χ3n) is 6.34. The molecule has 1 aliphatic heterocycles. The molecule has 1 aliphatic rings. The number of piperazine rings is 1. The van der Waals surface area contributed by atoms with Crippen LogP contribution in [0.5, 0.6) is 5.88 Å². The third kappa shape index (κ3) is 4.52. The Kier molecular flexibility index (Phi) is 6.04. The van der Waals surface area contributed by atoms with Crippen LogP contribution in [0.15, 0.2) is 77.8 Å². The van der Waals surface area contributed by atoms with E-state index >= 15 is 0 Å². The van der Waals surface area contributed by atoms with Gasteiger partial charge in [-0.3, -0.25) is 4.79 Å². The van der Waals surface area contributed by atoms with Gasteiger partial charge < -0.3 is 19.9 Å². The highest BCUT2D eigenvalue weighted by atomic mass is 16.3. The van der Waals surface area contributed by atoms with Crippen LogP contribution in [0.4, 0.5) is 5.69 Å². The number of rotatable bonds is 4. The standard InChI is InChI=1S/C28H25N5O2/c1-32-13-15-33(16-14-32)28(35)21-8-10-22(11-9-21)30-26(20-5-3-2-4-6-20)25-23-12-7-19(18-29)17-24(23)31-27(25)34/h2-12,17,31,34H,13-16H2,1H3. The van der Waals surface area contributed by atoms with Crippen molar-refractivity contribution in [3.63, 3.8) is 0 Å². The largest absolute Gasteiger partial charge is 0.494 e. The van der Waals surface area contributed by atoms with E-state index in [2.05, 4.69) is 23.0 Å². The van der Waals surface area contributed by atoms with Gasteiger partial charge in [-0.2, -0.15) is 5.26 Å². The molecule has 1 fully saturated rings. The summed E-state index contributed by atoms with van der Waals surface area (Å²) in [5.41, 5.74) is 4.46. The minimum atomic E-state index is -0.0143. The van der Waals surface area contributed by atoms with E-state index in [1.54, 1.807) is 24.3 Å². The third-order valence-corrected chi connectivity index (χ3v) is 6.34. The number of carbonyl (C=O) groups is 1. The number of hydrogen-bond donors (Lipinski definition) is 2. The second kappa shape index (κ2) is 9.45. The summed E-state index contributed by atoms with van der Waals surface area (Å²) < 4.78 is 0. The van der Waals surface area contributed by atoms with Gasteiger partial charge in [0.2, 0.25) is 0 Å². The Balaban J connectivity index is 1.53. The molecule has 35 heavy (non-hydrogen) atoms. The lowest BCUT2D eigenvalue weighted by molar-refractivity contribution is 0.0664. The van der Waals surface area contributed by atoms with Gasteiger partial charge in [0.05, 0.1) is 34.1 Å². The molecule has 5 rings (SSSR count). The minimum absolute atomic E-state index is 0.0143. The lowest BCUT2D eigenvalue weighted by atomic mass is 10.00. The van der Waals surface area contributed by atoms with Crippen molar-refractivity contribution < 1.29 is 9.90 Å². The number of nitrogens with one attached hydrogen (secondary N) is 1. The summed E-state index contributed by atoms with van der Waals surface area (Å²) in [4.78, 5) is 24.9. The Hall–Kier alpha value is -4.41. The van der Waals surface area contributed by atoms with E-state index in [0.29, 0.717) is 33.6 Å². The van der Waals surface area contributed by atoms with Gasteiger partial charge in [-0.1, -0.05) is 36.4 Å². The van der Waals surface area contributed by atoms with Crippen LogP contribution >= 0.6 is 0 Å². The number of benzene rings is 3. The summed E-state index contributed by atoms with van der Waals surface area (Å²) in [6, 6.07) is 24.3. The monoisotopic (exact) mass is 463 g/mol. The number of H-pyrrole nitrogens is 1. The highest BCUT2D eigenvalue weighted by Crippen LogP contribution is 2.32. The molecule has 3 aromatic carbocycles. The summed E-state index contributed by atoms with van der Waals surface area (Å²) in [7, 11) is 2.06. The average Bonchev–Trinajstić information content (AvgIpc) is 3.22. The van der Waals surface area contributed by atoms with Crippen LogP contribution in [0.3, 0.4) is 0 Å². The van der Waals surface area contributed by atoms with Crippen LogP contribution in [0.2, 0.25) is 0 Å². The number of fused-ring (bicyclic) bond motifs is 1. The molecule has 2 N–H and O–H groups in total. The number of nitrogens with zero attached hydrogens (tertiary/aromatic N) is 4. The second-order valence-electron chi connectivity index (χ2n) is 8.69. The normalized spacial score (nSPS) is 14.7. The topological polar surface area (TPSA) is 95.7 Å². The highest BCUT2D eigenvalue weighted by molar-refractivity contribution is 6.22. The predicted octanol–water partition coefficient (Wildman–Crippen LogP) is 4.30. The Morgan fingerprint density at radius 1 is 0.971 bits per heavy atom. The summed E-state index contributed by atoms with van der Waals surface area (Å²) >= 11 is 0. The van der Waals surface area contributed by atoms with Crippen LogP contribution in [0, 0.1) is 11.3 Å². The first-order valence-electron chi connectivity index (χ1n) is 11.5. The number of carbonyl (C=O) groups excluding carboxylic acids is 1.